The Balaban J connectivity index is 1.55. The summed E-state index contributed by atoms with van der Waals surface area (Å²) < 4.78 is 16.4. The summed E-state index contributed by atoms with van der Waals surface area (Å²) in [5.41, 5.74) is 0.535. The molecular formula is C24H24N2O5S. The number of carbonyl (C=O) groups excluding carboxylic acids is 2. The van der Waals surface area contributed by atoms with E-state index in [0.29, 0.717) is 17.2 Å². The van der Waals surface area contributed by atoms with Gasteiger partial charge in [-0.05, 0) is 48.6 Å². The molecule has 1 fully saturated rings. The summed E-state index contributed by atoms with van der Waals surface area (Å²) in [4.78, 5) is 29.5. The molecule has 8 heteroatoms. The van der Waals surface area contributed by atoms with Crippen LogP contribution in [0.15, 0.2) is 58.5 Å². The highest BCUT2D eigenvalue weighted by molar-refractivity contribution is 7.10. The zero-order chi connectivity index (χ0) is 21.9. The number of anilines is 1. The lowest BCUT2D eigenvalue weighted by Crippen LogP contribution is -2.47. The van der Waals surface area contributed by atoms with Gasteiger partial charge in [-0.25, -0.2) is 0 Å². The minimum atomic E-state index is -0.838. The van der Waals surface area contributed by atoms with Crippen molar-refractivity contribution in [3.05, 3.63) is 64.7 Å². The second-order valence-electron chi connectivity index (χ2n) is 7.95. The monoisotopic (exact) mass is 452 g/mol. The highest BCUT2D eigenvalue weighted by Crippen LogP contribution is 2.39. The van der Waals surface area contributed by atoms with Crippen LogP contribution in [0.2, 0.25) is 0 Å². The van der Waals surface area contributed by atoms with Gasteiger partial charge in [-0.3, -0.25) is 14.5 Å². The van der Waals surface area contributed by atoms with Crippen molar-refractivity contribution in [1.29, 1.82) is 0 Å². The average Bonchev–Trinajstić information content (AvgIpc) is 3.59. The molecular weight excluding hydrogens is 428 g/mol. The molecule has 3 heterocycles. The maximum atomic E-state index is 13.6. The lowest BCUT2D eigenvalue weighted by atomic mass is 9.95. The van der Waals surface area contributed by atoms with Gasteiger partial charge in [0, 0.05) is 22.7 Å². The van der Waals surface area contributed by atoms with Gasteiger partial charge in [0.15, 0.2) is 23.3 Å². The Morgan fingerprint density at radius 2 is 1.88 bits per heavy atom. The van der Waals surface area contributed by atoms with Crippen LogP contribution in [0.25, 0.3) is 0 Å². The molecule has 0 bridgehead atoms. The number of nitrogens with one attached hydrogen (secondary N) is 1. The van der Waals surface area contributed by atoms with Crippen LogP contribution in [0.1, 0.15) is 53.6 Å². The maximum absolute atomic E-state index is 13.6. The van der Waals surface area contributed by atoms with E-state index in [1.54, 1.807) is 30.3 Å². The van der Waals surface area contributed by atoms with E-state index in [2.05, 4.69) is 5.32 Å². The number of furan rings is 1. The third-order valence-electron chi connectivity index (χ3n) is 5.86. The van der Waals surface area contributed by atoms with Crippen LogP contribution >= 0.6 is 11.3 Å². The summed E-state index contributed by atoms with van der Waals surface area (Å²) in [6, 6.07) is 11.6. The summed E-state index contributed by atoms with van der Waals surface area (Å²) in [7, 11) is 0. The van der Waals surface area contributed by atoms with Crippen molar-refractivity contribution in [3.63, 3.8) is 0 Å². The first-order valence-corrected chi connectivity index (χ1v) is 11.7. The van der Waals surface area contributed by atoms with E-state index >= 15 is 0 Å². The molecule has 0 unspecified atom stereocenters. The molecule has 7 nitrogen and oxygen atoms in total. The molecule has 1 aromatic carbocycles. The number of rotatable bonds is 6. The molecule has 0 spiro atoms. The van der Waals surface area contributed by atoms with Gasteiger partial charge in [-0.1, -0.05) is 25.3 Å². The zero-order valence-electron chi connectivity index (χ0n) is 17.5. The van der Waals surface area contributed by atoms with E-state index in [9.17, 15) is 9.59 Å². The van der Waals surface area contributed by atoms with Gasteiger partial charge in [0.2, 0.25) is 12.7 Å². The van der Waals surface area contributed by atoms with Crippen LogP contribution in [0.4, 0.5) is 5.69 Å². The molecule has 1 aliphatic heterocycles. The predicted molar refractivity (Wildman–Crippen MR) is 120 cm³/mol. The average molecular weight is 453 g/mol. The molecule has 0 saturated heterocycles. The zero-order valence-corrected chi connectivity index (χ0v) is 18.3. The standard InChI is InChI=1S/C24H24N2O5S/c27-23(25-16-6-2-1-3-7-16)22(21-9-5-13-32-21)26(24(28)19-8-4-12-29-19)17-10-11-18-20(14-17)31-15-30-18/h4-5,8-14,16,22H,1-3,6-7,15H2,(H,25,27)/t22-/m0/s1. The first-order valence-electron chi connectivity index (χ1n) is 10.8. The van der Waals surface area contributed by atoms with Crippen LogP contribution in [0, 0.1) is 0 Å². The van der Waals surface area contributed by atoms with Crippen molar-refractivity contribution in [2.24, 2.45) is 0 Å². The SMILES string of the molecule is O=C(NC1CCCCC1)[C@H](c1cccs1)N(C(=O)c1ccco1)c1ccc2c(c1)OCO2. The number of ether oxygens (including phenoxy) is 2. The number of hydrogen-bond donors (Lipinski definition) is 1. The van der Waals surface area contributed by atoms with Crippen molar-refractivity contribution in [2.45, 2.75) is 44.2 Å². The van der Waals surface area contributed by atoms with E-state index in [1.807, 2.05) is 17.5 Å². The summed E-state index contributed by atoms with van der Waals surface area (Å²) in [6.07, 6.45) is 6.77. The Labute approximate surface area is 189 Å². The number of amides is 2. The van der Waals surface area contributed by atoms with Crippen LogP contribution in [0.3, 0.4) is 0 Å². The van der Waals surface area contributed by atoms with Crippen LogP contribution in [-0.4, -0.2) is 24.6 Å². The third kappa shape index (κ3) is 4.10. The first kappa shape index (κ1) is 20.6. The molecule has 1 N–H and O–H groups in total. The highest BCUT2D eigenvalue weighted by atomic mass is 32.1. The number of thiophene rings is 1. The Morgan fingerprint density at radius 1 is 1.03 bits per heavy atom. The van der Waals surface area contributed by atoms with Gasteiger partial charge in [-0.15, -0.1) is 11.3 Å². The van der Waals surface area contributed by atoms with Crippen LogP contribution in [0.5, 0.6) is 11.5 Å². The molecule has 2 aliphatic rings. The first-order chi connectivity index (χ1) is 15.7. The molecule has 3 aromatic rings. The summed E-state index contributed by atoms with van der Waals surface area (Å²) in [5, 5.41) is 5.11. The fraction of sp³-hybridized carbons (Fsp3) is 0.333. The molecule has 166 valence electrons. The quantitative estimate of drug-likeness (QED) is 0.575. The van der Waals surface area contributed by atoms with Gasteiger partial charge < -0.3 is 19.2 Å². The third-order valence-corrected chi connectivity index (χ3v) is 6.78. The van der Waals surface area contributed by atoms with E-state index < -0.39 is 11.9 Å². The van der Waals surface area contributed by atoms with E-state index in [4.69, 9.17) is 13.9 Å². The Morgan fingerprint density at radius 3 is 2.62 bits per heavy atom. The smallest absolute Gasteiger partial charge is 0.295 e. The fourth-order valence-electron chi connectivity index (χ4n) is 4.29. The molecule has 32 heavy (non-hydrogen) atoms. The Hall–Kier alpha value is -3.26. The number of hydrogen-bond acceptors (Lipinski definition) is 6. The number of carbonyl (C=O) groups is 2. The fourth-order valence-corrected chi connectivity index (χ4v) is 5.10. The van der Waals surface area contributed by atoms with Crippen molar-refractivity contribution >= 4 is 28.8 Å². The number of nitrogens with zero attached hydrogens (tertiary/aromatic N) is 1. The minimum Gasteiger partial charge on any atom is -0.459 e. The minimum absolute atomic E-state index is 0.121. The van der Waals surface area contributed by atoms with Crippen molar-refractivity contribution in [2.75, 3.05) is 11.7 Å². The van der Waals surface area contributed by atoms with Crippen molar-refractivity contribution < 1.29 is 23.5 Å². The maximum Gasteiger partial charge on any atom is 0.295 e. The molecule has 2 amide bonds. The second kappa shape index (κ2) is 9.08. The molecule has 1 atom stereocenters. The van der Waals surface area contributed by atoms with Crippen LogP contribution < -0.4 is 19.7 Å². The number of benzene rings is 1. The lowest BCUT2D eigenvalue weighted by Gasteiger charge is -2.32. The largest absolute Gasteiger partial charge is 0.459 e. The molecule has 1 saturated carbocycles. The molecule has 1 aliphatic carbocycles. The second-order valence-corrected chi connectivity index (χ2v) is 8.93. The van der Waals surface area contributed by atoms with E-state index in [-0.39, 0.29) is 24.5 Å². The topological polar surface area (TPSA) is 81.0 Å². The lowest BCUT2D eigenvalue weighted by molar-refractivity contribution is -0.123. The summed E-state index contributed by atoms with van der Waals surface area (Å²) in [6.45, 7) is 0.126. The van der Waals surface area contributed by atoms with E-state index in [0.717, 1.165) is 30.6 Å². The van der Waals surface area contributed by atoms with E-state index in [1.165, 1.54) is 28.9 Å². The molecule has 2 aromatic heterocycles. The number of fused-ring (bicyclic) bond motifs is 1. The normalized spacial score (nSPS) is 16.5. The van der Waals surface area contributed by atoms with Crippen molar-refractivity contribution in [1.82, 2.24) is 5.32 Å². The van der Waals surface area contributed by atoms with Crippen LogP contribution in [-0.2, 0) is 4.79 Å². The van der Waals surface area contributed by atoms with Gasteiger partial charge in [0.25, 0.3) is 5.91 Å². The molecule has 5 rings (SSSR count). The summed E-state index contributed by atoms with van der Waals surface area (Å²) >= 11 is 1.44. The predicted octanol–water partition coefficient (Wildman–Crippen LogP) is 4.91. The Kier molecular flexibility index (Phi) is 5.85. The van der Waals surface area contributed by atoms with Gasteiger partial charge >= 0.3 is 0 Å². The highest BCUT2D eigenvalue weighted by Gasteiger charge is 2.36. The van der Waals surface area contributed by atoms with Gasteiger partial charge in [0.05, 0.1) is 6.26 Å². The van der Waals surface area contributed by atoms with Gasteiger partial charge in [-0.2, -0.15) is 0 Å². The summed E-state index contributed by atoms with van der Waals surface area (Å²) in [5.74, 6) is 0.716. The van der Waals surface area contributed by atoms with Gasteiger partial charge in [0.1, 0.15) is 0 Å². The molecule has 0 radical (unpaired) electrons. The Bertz CT molecular complexity index is 1070. The van der Waals surface area contributed by atoms with Crippen molar-refractivity contribution in [3.8, 4) is 11.5 Å².